The maximum absolute atomic E-state index is 13.8. The van der Waals surface area contributed by atoms with Gasteiger partial charge >= 0.3 is 0 Å². The topological polar surface area (TPSA) is 63.2 Å². The van der Waals surface area contributed by atoms with Crippen molar-refractivity contribution in [2.75, 3.05) is 19.0 Å². The summed E-state index contributed by atoms with van der Waals surface area (Å²) in [5.74, 6) is -1.06. The molecule has 0 bridgehead atoms. The number of methoxy groups -OCH3 is 1. The van der Waals surface area contributed by atoms with E-state index >= 15 is 0 Å². The Balaban J connectivity index is 1.62. The molecule has 0 saturated heterocycles. The van der Waals surface area contributed by atoms with Crippen molar-refractivity contribution in [1.82, 2.24) is 10.3 Å². The highest BCUT2D eigenvalue weighted by atomic mass is 19.1. The van der Waals surface area contributed by atoms with Gasteiger partial charge in [-0.15, -0.1) is 0 Å². The van der Waals surface area contributed by atoms with Gasteiger partial charge in [0.1, 0.15) is 28.8 Å². The molecule has 1 amide bonds. The molecule has 2 N–H and O–H groups in total. The number of nitrogens with one attached hydrogen (secondary N) is 2. The van der Waals surface area contributed by atoms with Crippen LogP contribution in [0.2, 0.25) is 0 Å². The van der Waals surface area contributed by atoms with Crippen LogP contribution in [0.4, 0.5) is 20.2 Å². The number of pyridine rings is 1. The molecule has 0 aliphatic carbocycles. The van der Waals surface area contributed by atoms with E-state index in [2.05, 4.69) is 15.6 Å². The molecule has 3 rings (SSSR count). The van der Waals surface area contributed by atoms with Crippen molar-refractivity contribution in [2.45, 2.75) is 6.42 Å². The summed E-state index contributed by atoms with van der Waals surface area (Å²) in [7, 11) is 1.60. The number of anilines is 2. The Morgan fingerprint density at radius 2 is 1.82 bits per heavy atom. The third-order valence-electron chi connectivity index (χ3n) is 4.06. The summed E-state index contributed by atoms with van der Waals surface area (Å²) in [6.07, 6.45) is 2.03. The molecule has 144 valence electrons. The number of benzene rings is 2. The van der Waals surface area contributed by atoms with Crippen LogP contribution in [-0.2, 0) is 6.42 Å². The van der Waals surface area contributed by atoms with Gasteiger partial charge in [-0.2, -0.15) is 0 Å². The Labute approximate surface area is 161 Å². The minimum atomic E-state index is -0.721. The Hall–Kier alpha value is -3.48. The highest BCUT2D eigenvalue weighted by molar-refractivity contribution is 5.93. The standard InChI is InChI=1S/C21H19F2N3O2/c1-28-16-5-2-4-14(12-16)8-10-25-21(27)19-13-15(9-11-24-19)26-20-17(22)6-3-7-18(20)23/h2-7,9,11-13H,8,10H2,1H3,(H,24,26)(H,25,27). The molecule has 0 aliphatic heterocycles. The first-order valence-electron chi connectivity index (χ1n) is 8.65. The van der Waals surface area contributed by atoms with E-state index in [1.165, 1.54) is 24.4 Å². The number of aromatic nitrogens is 1. The van der Waals surface area contributed by atoms with Crippen molar-refractivity contribution in [3.8, 4) is 5.75 Å². The molecule has 1 heterocycles. The molecule has 3 aromatic rings. The summed E-state index contributed by atoms with van der Waals surface area (Å²) >= 11 is 0. The fraction of sp³-hybridized carbons (Fsp3) is 0.143. The third kappa shape index (κ3) is 4.82. The molecule has 0 unspecified atom stereocenters. The van der Waals surface area contributed by atoms with Gasteiger partial charge in [0.25, 0.3) is 5.91 Å². The number of carbonyl (C=O) groups excluding carboxylic acids is 1. The van der Waals surface area contributed by atoms with Crippen LogP contribution >= 0.6 is 0 Å². The van der Waals surface area contributed by atoms with Crippen molar-refractivity contribution in [3.05, 3.63) is 83.7 Å². The van der Waals surface area contributed by atoms with Crippen LogP contribution in [0.15, 0.2) is 60.8 Å². The molecule has 28 heavy (non-hydrogen) atoms. The molecule has 7 heteroatoms. The van der Waals surface area contributed by atoms with Gasteiger partial charge in [-0.05, 0) is 48.4 Å². The van der Waals surface area contributed by atoms with Crippen LogP contribution in [-0.4, -0.2) is 24.5 Å². The monoisotopic (exact) mass is 383 g/mol. The van der Waals surface area contributed by atoms with E-state index < -0.39 is 11.6 Å². The predicted molar refractivity (Wildman–Crippen MR) is 103 cm³/mol. The maximum Gasteiger partial charge on any atom is 0.269 e. The number of carbonyl (C=O) groups is 1. The Morgan fingerprint density at radius 1 is 1.07 bits per heavy atom. The van der Waals surface area contributed by atoms with Gasteiger partial charge in [0, 0.05) is 18.4 Å². The number of ether oxygens (including phenoxy) is 1. The van der Waals surface area contributed by atoms with E-state index in [1.807, 2.05) is 24.3 Å². The highest BCUT2D eigenvalue weighted by Gasteiger charge is 2.11. The number of hydrogen-bond donors (Lipinski definition) is 2. The second kappa shape index (κ2) is 8.94. The lowest BCUT2D eigenvalue weighted by atomic mass is 10.1. The largest absolute Gasteiger partial charge is 0.497 e. The lowest BCUT2D eigenvalue weighted by Gasteiger charge is -2.10. The fourth-order valence-electron chi connectivity index (χ4n) is 2.63. The predicted octanol–water partition coefficient (Wildman–Crippen LogP) is 4.08. The Bertz CT molecular complexity index is 959. The van der Waals surface area contributed by atoms with Gasteiger partial charge in [0.15, 0.2) is 0 Å². The highest BCUT2D eigenvalue weighted by Crippen LogP contribution is 2.23. The molecule has 2 aromatic carbocycles. The molecule has 0 aliphatic rings. The van der Waals surface area contributed by atoms with Gasteiger partial charge < -0.3 is 15.4 Å². The maximum atomic E-state index is 13.8. The first-order chi connectivity index (χ1) is 13.6. The molecule has 0 spiro atoms. The quantitative estimate of drug-likeness (QED) is 0.645. The average molecular weight is 383 g/mol. The van der Waals surface area contributed by atoms with Gasteiger partial charge in [-0.3, -0.25) is 9.78 Å². The van der Waals surface area contributed by atoms with Crippen LogP contribution in [0.25, 0.3) is 0 Å². The second-order valence-electron chi connectivity index (χ2n) is 6.01. The fourth-order valence-corrected chi connectivity index (χ4v) is 2.63. The van der Waals surface area contributed by atoms with E-state index in [0.29, 0.717) is 18.7 Å². The van der Waals surface area contributed by atoms with Crippen molar-refractivity contribution >= 4 is 17.3 Å². The van der Waals surface area contributed by atoms with Crippen LogP contribution in [0.3, 0.4) is 0 Å². The average Bonchev–Trinajstić information content (AvgIpc) is 2.71. The SMILES string of the molecule is COc1cccc(CCNC(=O)c2cc(Nc3c(F)cccc3F)ccn2)c1. The van der Waals surface area contributed by atoms with Crippen LogP contribution in [0.1, 0.15) is 16.1 Å². The molecule has 5 nitrogen and oxygen atoms in total. The number of hydrogen-bond acceptors (Lipinski definition) is 4. The first-order valence-corrected chi connectivity index (χ1v) is 8.65. The summed E-state index contributed by atoms with van der Waals surface area (Å²) in [6, 6.07) is 14.1. The molecule has 0 radical (unpaired) electrons. The van der Waals surface area contributed by atoms with Crippen LogP contribution in [0.5, 0.6) is 5.75 Å². The smallest absolute Gasteiger partial charge is 0.269 e. The molecule has 0 fully saturated rings. The summed E-state index contributed by atoms with van der Waals surface area (Å²) < 4.78 is 32.7. The van der Waals surface area contributed by atoms with E-state index in [0.717, 1.165) is 23.4 Å². The van der Waals surface area contributed by atoms with Crippen molar-refractivity contribution in [3.63, 3.8) is 0 Å². The van der Waals surface area contributed by atoms with E-state index in [1.54, 1.807) is 7.11 Å². The number of para-hydroxylation sites is 1. The number of amides is 1. The Kier molecular flexibility index (Phi) is 6.16. The normalized spacial score (nSPS) is 10.4. The summed E-state index contributed by atoms with van der Waals surface area (Å²) in [4.78, 5) is 16.3. The molecule has 0 atom stereocenters. The van der Waals surface area contributed by atoms with Gasteiger partial charge in [0.05, 0.1) is 7.11 Å². The lowest BCUT2D eigenvalue weighted by molar-refractivity contribution is 0.0949. The Morgan fingerprint density at radius 3 is 2.57 bits per heavy atom. The summed E-state index contributed by atoms with van der Waals surface area (Å²) in [5, 5.41) is 5.43. The molecular weight excluding hydrogens is 364 g/mol. The molecule has 1 aromatic heterocycles. The third-order valence-corrected chi connectivity index (χ3v) is 4.06. The van der Waals surface area contributed by atoms with Crippen molar-refractivity contribution in [1.29, 1.82) is 0 Å². The molecular formula is C21H19F2N3O2. The van der Waals surface area contributed by atoms with E-state index in [4.69, 9.17) is 4.74 Å². The van der Waals surface area contributed by atoms with E-state index in [-0.39, 0.29) is 17.3 Å². The van der Waals surface area contributed by atoms with Gasteiger partial charge in [0.2, 0.25) is 0 Å². The van der Waals surface area contributed by atoms with Crippen molar-refractivity contribution in [2.24, 2.45) is 0 Å². The zero-order valence-corrected chi connectivity index (χ0v) is 15.2. The zero-order valence-electron chi connectivity index (χ0n) is 15.2. The minimum Gasteiger partial charge on any atom is -0.497 e. The second-order valence-corrected chi connectivity index (χ2v) is 6.01. The number of rotatable bonds is 7. The van der Waals surface area contributed by atoms with Crippen molar-refractivity contribution < 1.29 is 18.3 Å². The number of halogens is 2. The van der Waals surface area contributed by atoms with Gasteiger partial charge in [-0.1, -0.05) is 18.2 Å². The minimum absolute atomic E-state index is 0.146. The lowest BCUT2D eigenvalue weighted by Crippen LogP contribution is -2.26. The van der Waals surface area contributed by atoms with E-state index in [9.17, 15) is 13.6 Å². The molecule has 0 saturated carbocycles. The summed E-state index contributed by atoms with van der Waals surface area (Å²) in [5.41, 5.74) is 1.25. The zero-order chi connectivity index (χ0) is 19.9. The van der Waals surface area contributed by atoms with Crippen LogP contribution < -0.4 is 15.4 Å². The summed E-state index contributed by atoms with van der Waals surface area (Å²) in [6.45, 7) is 0.410. The number of nitrogens with zero attached hydrogens (tertiary/aromatic N) is 1. The van der Waals surface area contributed by atoms with Gasteiger partial charge in [-0.25, -0.2) is 8.78 Å². The van der Waals surface area contributed by atoms with Crippen LogP contribution in [0, 0.1) is 11.6 Å². The first kappa shape index (κ1) is 19.3.